The van der Waals surface area contributed by atoms with E-state index < -0.39 is 9.84 Å². The van der Waals surface area contributed by atoms with Crippen molar-refractivity contribution < 1.29 is 13.2 Å². The Morgan fingerprint density at radius 1 is 1.39 bits per heavy atom. The topological polar surface area (TPSA) is 46.6 Å². The average molecular weight is 336 g/mol. The van der Waals surface area contributed by atoms with E-state index in [4.69, 9.17) is 4.74 Å². The van der Waals surface area contributed by atoms with Gasteiger partial charge in [0.25, 0.3) is 0 Å². The molecule has 0 aliphatic heterocycles. The number of ether oxygens (including phenoxy) is 1. The maximum Gasteiger partial charge on any atom is 0.148 e. The Morgan fingerprint density at radius 3 is 2.61 bits per heavy atom. The molecule has 0 N–H and O–H groups in total. The minimum atomic E-state index is -2.91. The van der Waals surface area contributed by atoms with Crippen molar-refractivity contribution in [3.05, 3.63) is 28.2 Å². The van der Waals surface area contributed by atoms with E-state index in [2.05, 4.69) is 15.9 Å². The van der Waals surface area contributed by atoms with Crippen molar-refractivity contribution in [1.82, 2.24) is 4.90 Å². The number of benzene rings is 1. The molecule has 0 amide bonds. The van der Waals surface area contributed by atoms with Crippen molar-refractivity contribution in [2.45, 2.75) is 6.54 Å². The summed E-state index contributed by atoms with van der Waals surface area (Å²) in [5, 5.41) is 0. The average Bonchev–Trinajstić information content (AvgIpc) is 2.28. The molecule has 0 saturated heterocycles. The number of nitrogens with zero attached hydrogens (tertiary/aromatic N) is 1. The number of hydrogen-bond donors (Lipinski definition) is 0. The summed E-state index contributed by atoms with van der Waals surface area (Å²) >= 11 is 3.39. The Kier molecular flexibility index (Phi) is 5.62. The summed E-state index contributed by atoms with van der Waals surface area (Å²) in [6.45, 7) is 1.17. The van der Waals surface area contributed by atoms with Crippen molar-refractivity contribution >= 4 is 25.8 Å². The highest BCUT2D eigenvalue weighted by molar-refractivity contribution is 9.10. The third-order valence-corrected chi connectivity index (χ3v) is 3.95. The second-order valence-corrected chi connectivity index (χ2v) is 7.50. The van der Waals surface area contributed by atoms with Gasteiger partial charge in [0, 0.05) is 29.4 Å². The van der Waals surface area contributed by atoms with Crippen LogP contribution in [0.3, 0.4) is 0 Å². The van der Waals surface area contributed by atoms with E-state index in [0.29, 0.717) is 13.1 Å². The molecular weight excluding hydrogens is 318 g/mol. The van der Waals surface area contributed by atoms with Gasteiger partial charge in [-0.3, -0.25) is 0 Å². The largest absolute Gasteiger partial charge is 0.496 e. The van der Waals surface area contributed by atoms with Gasteiger partial charge >= 0.3 is 0 Å². The molecule has 0 heterocycles. The Hall–Kier alpha value is -0.590. The molecule has 4 nitrogen and oxygen atoms in total. The van der Waals surface area contributed by atoms with E-state index in [1.54, 1.807) is 7.11 Å². The molecule has 0 fully saturated rings. The number of methoxy groups -OCH3 is 1. The lowest BCUT2D eigenvalue weighted by Gasteiger charge is -2.18. The van der Waals surface area contributed by atoms with Gasteiger partial charge in [0.05, 0.1) is 12.9 Å². The molecule has 1 aromatic carbocycles. The number of sulfone groups is 1. The molecule has 18 heavy (non-hydrogen) atoms. The first-order chi connectivity index (χ1) is 8.31. The highest BCUT2D eigenvalue weighted by Crippen LogP contribution is 2.24. The van der Waals surface area contributed by atoms with Crippen LogP contribution >= 0.6 is 15.9 Å². The highest BCUT2D eigenvalue weighted by atomic mass is 79.9. The van der Waals surface area contributed by atoms with Crippen LogP contribution in [0.15, 0.2) is 22.7 Å². The summed E-state index contributed by atoms with van der Waals surface area (Å²) in [6, 6.07) is 5.82. The Labute approximate surface area is 117 Å². The summed E-state index contributed by atoms with van der Waals surface area (Å²) in [4.78, 5) is 1.97. The lowest BCUT2D eigenvalue weighted by molar-refractivity contribution is 0.333. The summed E-state index contributed by atoms with van der Waals surface area (Å²) in [7, 11) is 0.608. The summed E-state index contributed by atoms with van der Waals surface area (Å²) in [5.41, 5.74) is 1.04. The van der Waals surface area contributed by atoms with Gasteiger partial charge in [-0.1, -0.05) is 22.0 Å². The molecule has 1 aromatic rings. The van der Waals surface area contributed by atoms with E-state index >= 15 is 0 Å². The molecule has 0 atom stereocenters. The Balaban J connectivity index is 2.67. The summed E-state index contributed by atoms with van der Waals surface area (Å²) < 4.78 is 28.5. The third-order valence-electron chi connectivity index (χ3n) is 2.53. The predicted molar refractivity (Wildman–Crippen MR) is 76.7 cm³/mol. The molecule has 0 aromatic heterocycles. The second kappa shape index (κ2) is 6.54. The van der Waals surface area contributed by atoms with Crippen LogP contribution in [0.25, 0.3) is 0 Å². The van der Waals surface area contributed by atoms with E-state index in [-0.39, 0.29) is 5.75 Å². The van der Waals surface area contributed by atoms with Gasteiger partial charge in [-0.15, -0.1) is 0 Å². The quantitative estimate of drug-likeness (QED) is 0.796. The minimum Gasteiger partial charge on any atom is -0.496 e. The number of rotatable bonds is 6. The van der Waals surface area contributed by atoms with Gasteiger partial charge in [-0.25, -0.2) is 8.42 Å². The maximum absolute atomic E-state index is 11.1. The van der Waals surface area contributed by atoms with Crippen LogP contribution in [0.5, 0.6) is 5.75 Å². The fourth-order valence-electron chi connectivity index (χ4n) is 1.54. The minimum absolute atomic E-state index is 0.169. The van der Waals surface area contributed by atoms with Crippen LogP contribution < -0.4 is 4.74 Å². The molecule has 0 bridgehead atoms. The lowest BCUT2D eigenvalue weighted by atomic mass is 10.2. The molecule has 0 unspecified atom stereocenters. The van der Waals surface area contributed by atoms with Crippen molar-refractivity contribution in [2.75, 3.05) is 32.7 Å². The van der Waals surface area contributed by atoms with E-state index in [9.17, 15) is 8.42 Å². The van der Waals surface area contributed by atoms with Gasteiger partial charge < -0.3 is 9.64 Å². The van der Waals surface area contributed by atoms with Crippen molar-refractivity contribution in [1.29, 1.82) is 0 Å². The van der Waals surface area contributed by atoms with Crippen LogP contribution in [-0.4, -0.2) is 46.0 Å². The molecule has 6 heteroatoms. The van der Waals surface area contributed by atoms with Gasteiger partial charge in [-0.2, -0.15) is 0 Å². The first kappa shape index (κ1) is 15.5. The van der Waals surface area contributed by atoms with Crippen molar-refractivity contribution in [3.63, 3.8) is 0 Å². The monoisotopic (exact) mass is 335 g/mol. The third kappa shape index (κ3) is 5.37. The van der Waals surface area contributed by atoms with E-state index in [1.807, 2.05) is 30.1 Å². The molecule has 102 valence electrons. The highest BCUT2D eigenvalue weighted by Gasteiger charge is 2.09. The second-order valence-electron chi connectivity index (χ2n) is 4.32. The Morgan fingerprint density at radius 2 is 2.06 bits per heavy atom. The van der Waals surface area contributed by atoms with Crippen LogP contribution in [0.1, 0.15) is 5.56 Å². The van der Waals surface area contributed by atoms with E-state index in [0.717, 1.165) is 15.8 Å². The smallest absolute Gasteiger partial charge is 0.148 e. The fourth-order valence-corrected chi connectivity index (χ4v) is 2.52. The van der Waals surface area contributed by atoms with Gasteiger partial charge in [0.2, 0.25) is 0 Å². The van der Waals surface area contributed by atoms with Gasteiger partial charge in [0.1, 0.15) is 15.6 Å². The van der Waals surface area contributed by atoms with Crippen molar-refractivity contribution in [2.24, 2.45) is 0 Å². The first-order valence-electron chi connectivity index (χ1n) is 5.50. The number of hydrogen-bond acceptors (Lipinski definition) is 4. The summed E-state index contributed by atoms with van der Waals surface area (Å²) in [5.74, 6) is 0.970. The molecule has 0 aliphatic rings. The first-order valence-corrected chi connectivity index (χ1v) is 8.36. The zero-order chi connectivity index (χ0) is 13.8. The predicted octanol–water partition coefficient (Wildman–Crippen LogP) is 1.93. The van der Waals surface area contributed by atoms with Crippen LogP contribution in [0, 0.1) is 0 Å². The molecule has 1 rings (SSSR count). The van der Waals surface area contributed by atoms with Crippen LogP contribution in [-0.2, 0) is 16.4 Å². The SMILES string of the molecule is COc1cc(Br)ccc1CN(C)CCS(C)(=O)=O. The van der Waals surface area contributed by atoms with Crippen LogP contribution in [0.4, 0.5) is 0 Å². The molecule has 0 radical (unpaired) electrons. The van der Waals surface area contributed by atoms with Crippen LogP contribution in [0.2, 0.25) is 0 Å². The number of halogens is 1. The molecule has 0 saturated carbocycles. The summed E-state index contributed by atoms with van der Waals surface area (Å²) in [6.07, 6.45) is 1.25. The Bertz CT molecular complexity index is 502. The molecular formula is C12H18BrNO3S. The maximum atomic E-state index is 11.1. The lowest BCUT2D eigenvalue weighted by Crippen LogP contribution is -2.25. The zero-order valence-corrected chi connectivity index (χ0v) is 13.2. The van der Waals surface area contributed by atoms with Gasteiger partial charge in [0.15, 0.2) is 0 Å². The molecule has 0 spiro atoms. The molecule has 0 aliphatic carbocycles. The van der Waals surface area contributed by atoms with Gasteiger partial charge in [-0.05, 0) is 19.2 Å². The van der Waals surface area contributed by atoms with Crippen molar-refractivity contribution in [3.8, 4) is 5.75 Å². The van der Waals surface area contributed by atoms with E-state index in [1.165, 1.54) is 6.26 Å². The zero-order valence-electron chi connectivity index (χ0n) is 10.8. The fraction of sp³-hybridized carbons (Fsp3) is 0.500. The standard InChI is InChI=1S/C12H18BrNO3S/c1-14(6-7-18(3,15)16)9-10-4-5-11(13)8-12(10)17-2/h4-5,8H,6-7,9H2,1-3H3. The normalized spacial score (nSPS) is 11.8.